The van der Waals surface area contributed by atoms with Crippen LogP contribution in [0.3, 0.4) is 0 Å². The normalized spacial score (nSPS) is 24.2. The van der Waals surface area contributed by atoms with Crippen LogP contribution in [0.5, 0.6) is 11.5 Å². The van der Waals surface area contributed by atoms with Crippen molar-refractivity contribution in [3.63, 3.8) is 0 Å². The van der Waals surface area contributed by atoms with E-state index in [1.807, 2.05) is 18.2 Å². The van der Waals surface area contributed by atoms with E-state index in [1.54, 1.807) is 14.2 Å². The molecule has 3 heteroatoms. The van der Waals surface area contributed by atoms with Crippen LogP contribution in [-0.4, -0.2) is 14.2 Å². The van der Waals surface area contributed by atoms with Crippen molar-refractivity contribution >= 4 is 0 Å². The molecule has 0 bridgehead atoms. The first-order valence-electron chi connectivity index (χ1n) is 7.66. The quantitative estimate of drug-likeness (QED) is 0.887. The number of hydrogen-bond donors (Lipinski definition) is 1. The fourth-order valence-electron chi connectivity index (χ4n) is 3.32. The zero-order valence-electron chi connectivity index (χ0n) is 12.9. The lowest BCUT2D eigenvalue weighted by molar-refractivity contribution is 0.230. The first-order chi connectivity index (χ1) is 9.67. The van der Waals surface area contributed by atoms with Gasteiger partial charge in [-0.2, -0.15) is 0 Å². The number of methoxy groups -OCH3 is 2. The predicted molar refractivity (Wildman–Crippen MR) is 82.2 cm³/mol. The Hall–Kier alpha value is -1.22. The Kier molecular flexibility index (Phi) is 5.30. The van der Waals surface area contributed by atoms with Gasteiger partial charge in [0.15, 0.2) is 0 Å². The summed E-state index contributed by atoms with van der Waals surface area (Å²) < 4.78 is 10.7. The minimum absolute atomic E-state index is 0.0772. The summed E-state index contributed by atoms with van der Waals surface area (Å²) in [5.41, 5.74) is 7.65. The van der Waals surface area contributed by atoms with E-state index in [0.29, 0.717) is 5.92 Å². The SMILES string of the molecule is CCC1CCCC(C(N)c2cc(OC)cc(OC)c2)C1. The van der Waals surface area contributed by atoms with Crippen LogP contribution in [0.25, 0.3) is 0 Å². The van der Waals surface area contributed by atoms with Crippen molar-refractivity contribution in [2.75, 3.05) is 14.2 Å². The summed E-state index contributed by atoms with van der Waals surface area (Å²) in [6.45, 7) is 2.28. The lowest BCUT2D eigenvalue weighted by Gasteiger charge is -2.32. The minimum Gasteiger partial charge on any atom is -0.497 e. The molecule has 0 saturated heterocycles. The Labute approximate surface area is 122 Å². The molecule has 0 aromatic heterocycles. The van der Waals surface area contributed by atoms with Crippen LogP contribution < -0.4 is 15.2 Å². The molecule has 1 aromatic carbocycles. The monoisotopic (exact) mass is 277 g/mol. The molecule has 3 atom stereocenters. The molecule has 0 spiro atoms. The highest BCUT2D eigenvalue weighted by Crippen LogP contribution is 2.38. The van der Waals surface area contributed by atoms with E-state index in [2.05, 4.69) is 6.92 Å². The maximum absolute atomic E-state index is 6.52. The largest absolute Gasteiger partial charge is 0.497 e. The average molecular weight is 277 g/mol. The molecule has 0 amide bonds. The highest BCUT2D eigenvalue weighted by molar-refractivity contribution is 5.40. The second-order valence-corrected chi connectivity index (χ2v) is 5.87. The molecule has 3 unspecified atom stereocenters. The van der Waals surface area contributed by atoms with Gasteiger partial charge in [0, 0.05) is 12.1 Å². The fraction of sp³-hybridized carbons (Fsp3) is 0.647. The molecule has 0 heterocycles. The highest BCUT2D eigenvalue weighted by atomic mass is 16.5. The number of rotatable bonds is 5. The summed E-state index contributed by atoms with van der Waals surface area (Å²) in [4.78, 5) is 0. The average Bonchev–Trinajstić information content (AvgIpc) is 2.53. The standard InChI is InChI=1S/C17H27NO2/c1-4-12-6-5-7-13(8-12)17(18)14-9-15(19-2)11-16(10-14)20-3/h9-13,17H,4-8,18H2,1-3H3. The van der Waals surface area contributed by atoms with Crippen LogP contribution in [0.2, 0.25) is 0 Å². The molecule has 1 fully saturated rings. The molecule has 2 rings (SSSR count). The van der Waals surface area contributed by atoms with Gasteiger partial charge in [0.05, 0.1) is 14.2 Å². The summed E-state index contributed by atoms with van der Waals surface area (Å²) in [5.74, 6) is 3.05. The van der Waals surface area contributed by atoms with E-state index in [4.69, 9.17) is 15.2 Å². The Morgan fingerprint density at radius 1 is 1.15 bits per heavy atom. The molecule has 112 valence electrons. The second-order valence-electron chi connectivity index (χ2n) is 5.87. The van der Waals surface area contributed by atoms with Crippen molar-refractivity contribution in [2.45, 2.75) is 45.1 Å². The zero-order chi connectivity index (χ0) is 14.5. The van der Waals surface area contributed by atoms with Gasteiger partial charge in [-0.05, 0) is 42.4 Å². The number of nitrogens with two attached hydrogens (primary N) is 1. The van der Waals surface area contributed by atoms with Gasteiger partial charge in [-0.15, -0.1) is 0 Å². The smallest absolute Gasteiger partial charge is 0.122 e. The van der Waals surface area contributed by atoms with Gasteiger partial charge < -0.3 is 15.2 Å². The summed E-state index contributed by atoms with van der Waals surface area (Å²) in [6, 6.07) is 6.06. The molecule has 2 N–H and O–H groups in total. The van der Waals surface area contributed by atoms with Crippen molar-refractivity contribution < 1.29 is 9.47 Å². The Bertz CT molecular complexity index is 411. The predicted octanol–water partition coefficient (Wildman–Crippen LogP) is 3.92. The van der Waals surface area contributed by atoms with Crippen molar-refractivity contribution in [1.29, 1.82) is 0 Å². The maximum Gasteiger partial charge on any atom is 0.122 e. The van der Waals surface area contributed by atoms with Gasteiger partial charge in [-0.3, -0.25) is 0 Å². The maximum atomic E-state index is 6.52. The van der Waals surface area contributed by atoms with Crippen molar-refractivity contribution in [1.82, 2.24) is 0 Å². The van der Waals surface area contributed by atoms with Crippen molar-refractivity contribution in [2.24, 2.45) is 17.6 Å². The van der Waals surface area contributed by atoms with Crippen LogP contribution in [0, 0.1) is 11.8 Å². The number of hydrogen-bond acceptors (Lipinski definition) is 3. The highest BCUT2D eigenvalue weighted by Gasteiger charge is 2.27. The van der Waals surface area contributed by atoms with E-state index in [-0.39, 0.29) is 6.04 Å². The Morgan fingerprint density at radius 2 is 1.80 bits per heavy atom. The Morgan fingerprint density at radius 3 is 2.35 bits per heavy atom. The summed E-state index contributed by atoms with van der Waals surface area (Å²) in [6.07, 6.45) is 6.41. The zero-order valence-corrected chi connectivity index (χ0v) is 12.9. The molecule has 1 aliphatic rings. The second kappa shape index (κ2) is 6.98. The summed E-state index contributed by atoms with van der Waals surface area (Å²) in [7, 11) is 3.36. The van der Waals surface area contributed by atoms with Gasteiger partial charge in [0.1, 0.15) is 11.5 Å². The molecule has 3 nitrogen and oxygen atoms in total. The van der Waals surface area contributed by atoms with Crippen LogP contribution in [0.15, 0.2) is 18.2 Å². The third kappa shape index (κ3) is 3.45. The fourth-order valence-corrected chi connectivity index (χ4v) is 3.32. The molecule has 1 aromatic rings. The van der Waals surface area contributed by atoms with E-state index >= 15 is 0 Å². The van der Waals surface area contributed by atoms with Crippen LogP contribution in [-0.2, 0) is 0 Å². The van der Waals surface area contributed by atoms with Crippen LogP contribution >= 0.6 is 0 Å². The van der Waals surface area contributed by atoms with Crippen LogP contribution in [0.1, 0.15) is 50.6 Å². The third-order valence-corrected chi connectivity index (χ3v) is 4.67. The number of ether oxygens (including phenoxy) is 2. The molecule has 0 radical (unpaired) electrons. The molecule has 20 heavy (non-hydrogen) atoms. The Balaban J connectivity index is 2.17. The van der Waals surface area contributed by atoms with Gasteiger partial charge in [-0.25, -0.2) is 0 Å². The molecular weight excluding hydrogens is 250 g/mol. The summed E-state index contributed by atoms with van der Waals surface area (Å²) >= 11 is 0. The molecule has 1 saturated carbocycles. The van der Waals surface area contributed by atoms with Gasteiger partial charge in [-0.1, -0.05) is 26.2 Å². The summed E-state index contributed by atoms with van der Waals surface area (Å²) in [5, 5.41) is 0. The van der Waals surface area contributed by atoms with Gasteiger partial charge in [0.2, 0.25) is 0 Å². The van der Waals surface area contributed by atoms with Crippen molar-refractivity contribution in [3.05, 3.63) is 23.8 Å². The third-order valence-electron chi connectivity index (χ3n) is 4.67. The number of benzene rings is 1. The lowest BCUT2D eigenvalue weighted by Crippen LogP contribution is -2.26. The van der Waals surface area contributed by atoms with E-state index in [0.717, 1.165) is 23.0 Å². The minimum atomic E-state index is 0.0772. The van der Waals surface area contributed by atoms with E-state index < -0.39 is 0 Å². The van der Waals surface area contributed by atoms with Gasteiger partial charge in [0.25, 0.3) is 0 Å². The first kappa shape index (κ1) is 15.2. The van der Waals surface area contributed by atoms with Gasteiger partial charge >= 0.3 is 0 Å². The topological polar surface area (TPSA) is 44.5 Å². The van der Waals surface area contributed by atoms with E-state index in [1.165, 1.54) is 32.1 Å². The molecule has 0 aliphatic heterocycles. The van der Waals surface area contributed by atoms with Crippen molar-refractivity contribution in [3.8, 4) is 11.5 Å². The lowest BCUT2D eigenvalue weighted by atomic mass is 9.75. The van der Waals surface area contributed by atoms with Crippen LogP contribution in [0.4, 0.5) is 0 Å². The first-order valence-corrected chi connectivity index (χ1v) is 7.66. The molecule has 1 aliphatic carbocycles. The van der Waals surface area contributed by atoms with E-state index in [9.17, 15) is 0 Å². The molecular formula is C17H27NO2.